The predicted octanol–water partition coefficient (Wildman–Crippen LogP) is 4.06. The molecule has 0 aliphatic carbocycles. The molecule has 0 amide bonds. The summed E-state index contributed by atoms with van der Waals surface area (Å²) >= 11 is 6.33. The number of fused-ring (bicyclic) bond motifs is 3. The number of sulfone groups is 1. The molecule has 4 rings (SSSR count). The molecule has 0 aliphatic rings. The van der Waals surface area contributed by atoms with Crippen LogP contribution in [0.2, 0.25) is 5.02 Å². The van der Waals surface area contributed by atoms with Crippen LogP contribution < -0.4 is 5.32 Å². The molecule has 144 valence electrons. The minimum atomic E-state index is -3.22. The summed E-state index contributed by atoms with van der Waals surface area (Å²) < 4.78 is 29.1. The third-order valence-corrected chi connectivity index (χ3v) is 6.24. The minimum Gasteiger partial charge on any atom is -0.432 e. The highest BCUT2D eigenvalue weighted by Crippen LogP contribution is 2.35. The summed E-state index contributed by atoms with van der Waals surface area (Å²) in [5.74, 6) is 0.531. The summed E-state index contributed by atoms with van der Waals surface area (Å²) in [5, 5.41) is 4.58. The number of furan rings is 1. The van der Waals surface area contributed by atoms with E-state index in [2.05, 4.69) is 20.3 Å². The highest BCUT2D eigenvalue weighted by atomic mass is 35.5. The Morgan fingerprint density at radius 2 is 1.86 bits per heavy atom. The van der Waals surface area contributed by atoms with Crippen LogP contribution in [-0.2, 0) is 16.4 Å². The smallest absolute Gasteiger partial charge is 0.229 e. The maximum Gasteiger partial charge on any atom is 0.229 e. The number of anilines is 1. The van der Waals surface area contributed by atoms with E-state index in [1.165, 1.54) is 12.6 Å². The molecule has 0 bridgehead atoms. The van der Waals surface area contributed by atoms with Gasteiger partial charge < -0.3 is 9.73 Å². The molecule has 4 aromatic rings. The van der Waals surface area contributed by atoms with Gasteiger partial charge in [0, 0.05) is 12.8 Å². The van der Waals surface area contributed by atoms with Gasteiger partial charge in [-0.25, -0.2) is 23.4 Å². The predicted molar refractivity (Wildman–Crippen MR) is 108 cm³/mol. The number of hydrogen-bond donors (Lipinski definition) is 1. The SMILES string of the molecule is Cc1nc2oc3c(NCc4ccc(S(C)(=O)=O)cc4)ncnc3c2c(C)c1Cl. The molecule has 0 spiro atoms. The van der Waals surface area contributed by atoms with Crippen molar-refractivity contribution in [1.29, 1.82) is 0 Å². The molecule has 0 unspecified atom stereocenters. The molecule has 0 aliphatic heterocycles. The second kappa shape index (κ2) is 6.72. The highest BCUT2D eigenvalue weighted by Gasteiger charge is 2.19. The van der Waals surface area contributed by atoms with Crippen molar-refractivity contribution in [3.8, 4) is 0 Å². The van der Waals surface area contributed by atoms with Gasteiger partial charge in [0.05, 0.1) is 21.0 Å². The van der Waals surface area contributed by atoms with Crippen molar-refractivity contribution in [2.75, 3.05) is 11.6 Å². The fourth-order valence-electron chi connectivity index (χ4n) is 3.06. The van der Waals surface area contributed by atoms with Gasteiger partial charge in [-0.3, -0.25) is 0 Å². The van der Waals surface area contributed by atoms with E-state index in [9.17, 15) is 8.42 Å². The van der Waals surface area contributed by atoms with Crippen LogP contribution in [0.25, 0.3) is 22.2 Å². The topological polar surface area (TPSA) is 98.0 Å². The Hall–Kier alpha value is -2.71. The Morgan fingerprint density at radius 1 is 1.14 bits per heavy atom. The molecular weight excluding hydrogens is 400 g/mol. The largest absolute Gasteiger partial charge is 0.432 e. The van der Waals surface area contributed by atoms with E-state index in [1.807, 2.05) is 13.8 Å². The summed E-state index contributed by atoms with van der Waals surface area (Å²) in [6.07, 6.45) is 2.64. The van der Waals surface area contributed by atoms with Crippen LogP contribution in [0.5, 0.6) is 0 Å². The van der Waals surface area contributed by atoms with E-state index in [1.54, 1.807) is 24.3 Å². The van der Waals surface area contributed by atoms with Crippen molar-refractivity contribution >= 4 is 49.5 Å². The van der Waals surface area contributed by atoms with Gasteiger partial charge in [-0.15, -0.1) is 0 Å². The van der Waals surface area contributed by atoms with E-state index >= 15 is 0 Å². The number of halogens is 1. The van der Waals surface area contributed by atoms with Crippen molar-refractivity contribution in [1.82, 2.24) is 15.0 Å². The summed E-state index contributed by atoms with van der Waals surface area (Å²) in [5.41, 5.74) is 4.08. The van der Waals surface area contributed by atoms with E-state index < -0.39 is 9.84 Å². The Morgan fingerprint density at radius 3 is 2.54 bits per heavy atom. The monoisotopic (exact) mass is 416 g/mol. The van der Waals surface area contributed by atoms with Crippen LogP contribution in [0.15, 0.2) is 39.9 Å². The zero-order valence-electron chi connectivity index (χ0n) is 15.4. The molecule has 3 heterocycles. The van der Waals surface area contributed by atoms with Crippen LogP contribution in [0.4, 0.5) is 5.82 Å². The van der Waals surface area contributed by atoms with Crippen molar-refractivity contribution in [2.45, 2.75) is 25.3 Å². The molecule has 1 aromatic carbocycles. The Bertz CT molecular complexity index is 1320. The Kier molecular flexibility index (Phi) is 4.47. The second-order valence-electron chi connectivity index (χ2n) is 6.59. The fourth-order valence-corrected chi connectivity index (χ4v) is 3.83. The van der Waals surface area contributed by atoms with E-state index in [0.717, 1.165) is 16.5 Å². The molecule has 9 heteroatoms. The molecule has 0 saturated heterocycles. The van der Waals surface area contributed by atoms with Crippen LogP contribution in [-0.4, -0.2) is 29.6 Å². The number of aryl methyl sites for hydroxylation is 2. The second-order valence-corrected chi connectivity index (χ2v) is 8.98. The zero-order valence-corrected chi connectivity index (χ0v) is 17.0. The van der Waals surface area contributed by atoms with Crippen molar-refractivity contribution in [2.24, 2.45) is 0 Å². The summed E-state index contributed by atoms with van der Waals surface area (Å²) in [6.45, 7) is 4.18. The van der Waals surface area contributed by atoms with Crippen molar-refractivity contribution in [3.05, 3.63) is 52.4 Å². The third kappa shape index (κ3) is 3.18. The lowest BCUT2D eigenvalue weighted by atomic mass is 10.1. The third-order valence-electron chi connectivity index (χ3n) is 4.56. The quantitative estimate of drug-likeness (QED) is 0.535. The van der Waals surface area contributed by atoms with Crippen molar-refractivity contribution in [3.63, 3.8) is 0 Å². The van der Waals surface area contributed by atoms with Crippen LogP contribution in [0.3, 0.4) is 0 Å². The number of nitrogens with one attached hydrogen (secondary N) is 1. The number of benzene rings is 1. The molecule has 0 fully saturated rings. The number of nitrogens with zero attached hydrogens (tertiary/aromatic N) is 3. The van der Waals surface area contributed by atoms with Crippen molar-refractivity contribution < 1.29 is 12.8 Å². The standard InChI is InChI=1S/C19H17ClN4O3S/c1-10-14-16-17(27-19(14)24-11(2)15(10)20)18(23-9-22-16)21-8-12-4-6-13(7-5-12)28(3,25)26/h4-7,9H,8H2,1-3H3,(H,21,22,23). The number of rotatable bonds is 4. The van der Waals surface area contributed by atoms with E-state index in [0.29, 0.717) is 39.9 Å². The first-order valence-corrected chi connectivity index (χ1v) is 10.8. The minimum absolute atomic E-state index is 0.284. The normalized spacial score (nSPS) is 12.0. The van der Waals surface area contributed by atoms with Gasteiger partial charge in [-0.1, -0.05) is 23.7 Å². The molecule has 0 radical (unpaired) electrons. The Labute approximate surface area is 166 Å². The summed E-state index contributed by atoms with van der Waals surface area (Å²) in [6, 6.07) is 6.69. The lowest BCUT2D eigenvalue weighted by Crippen LogP contribution is -2.03. The molecule has 3 aromatic heterocycles. The van der Waals surface area contributed by atoms with Gasteiger partial charge in [0.15, 0.2) is 21.2 Å². The average Bonchev–Trinajstić information content (AvgIpc) is 3.03. The maximum absolute atomic E-state index is 11.6. The van der Waals surface area contributed by atoms with Gasteiger partial charge in [-0.05, 0) is 37.1 Å². The average molecular weight is 417 g/mol. The first kappa shape index (κ1) is 18.6. The maximum atomic E-state index is 11.6. The summed E-state index contributed by atoms with van der Waals surface area (Å²) in [7, 11) is -3.22. The molecule has 28 heavy (non-hydrogen) atoms. The summed E-state index contributed by atoms with van der Waals surface area (Å²) in [4.78, 5) is 13.3. The van der Waals surface area contributed by atoms with Crippen LogP contribution in [0.1, 0.15) is 16.8 Å². The molecule has 7 nitrogen and oxygen atoms in total. The lowest BCUT2D eigenvalue weighted by Gasteiger charge is -2.06. The number of pyridine rings is 1. The number of aromatic nitrogens is 3. The van der Waals surface area contributed by atoms with Gasteiger partial charge >= 0.3 is 0 Å². The first-order chi connectivity index (χ1) is 13.3. The van der Waals surface area contributed by atoms with Crippen LogP contribution >= 0.6 is 11.6 Å². The molecular formula is C19H17ClN4O3S. The highest BCUT2D eigenvalue weighted by molar-refractivity contribution is 7.90. The zero-order chi connectivity index (χ0) is 20.1. The fraction of sp³-hybridized carbons (Fsp3) is 0.211. The van der Waals surface area contributed by atoms with Crippen LogP contribution in [0, 0.1) is 13.8 Å². The number of hydrogen-bond acceptors (Lipinski definition) is 7. The van der Waals surface area contributed by atoms with E-state index in [4.69, 9.17) is 16.0 Å². The van der Waals surface area contributed by atoms with Gasteiger partial charge in [0.1, 0.15) is 11.8 Å². The van der Waals surface area contributed by atoms with Gasteiger partial charge in [-0.2, -0.15) is 0 Å². The lowest BCUT2D eigenvalue weighted by molar-refractivity contribution is 0.602. The molecule has 0 atom stereocenters. The molecule has 0 saturated carbocycles. The van der Waals surface area contributed by atoms with Gasteiger partial charge in [0.25, 0.3) is 0 Å². The van der Waals surface area contributed by atoms with Gasteiger partial charge in [0.2, 0.25) is 5.71 Å². The Balaban J connectivity index is 1.70. The first-order valence-electron chi connectivity index (χ1n) is 8.48. The molecule has 1 N–H and O–H groups in total. The van der Waals surface area contributed by atoms with E-state index in [-0.39, 0.29) is 4.90 Å².